The van der Waals surface area contributed by atoms with Crippen LogP contribution in [0.1, 0.15) is 30.5 Å². The van der Waals surface area contributed by atoms with E-state index in [1.165, 1.54) is 19.3 Å². The van der Waals surface area contributed by atoms with Crippen LogP contribution in [0.5, 0.6) is 5.75 Å². The molecule has 1 aromatic heterocycles. The fraction of sp³-hybridized carbons (Fsp3) is 0.333. The molecule has 2 aromatic rings. The Morgan fingerprint density at radius 3 is 2.77 bits per heavy atom. The topological polar surface area (TPSA) is 38.2 Å². The van der Waals surface area contributed by atoms with Gasteiger partial charge in [-0.05, 0) is 49.4 Å². The minimum Gasteiger partial charge on any atom is -0.497 e. The maximum atomic E-state index is 5.21. The second-order valence-electron chi connectivity index (χ2n) is 5.27. The Balaban J connectivity index is 1.79. The summed E-state index contributed by atoms with van der Waals surface area (Å²) in [5.41, 5.74) is 1.66. The van der Waals surface area contributed by atoms with Crippen LogP contribution in [0.15, 0.2) is 36.5 Å². The number of rotatable bonds is 2. The molecule has 1 saturated heterocycles. The van der Waals surface area contributed by atoms with E-state index in [-0.39, 0.29) is 0 Å². The number of nitrogens with zero attached hydrogens (tertiary/aromatic N) is 3. The molecule has 0 radical (unpaired) electrons. The van der Waals surface area contributed by atoms with E-state index in [1.54, 1.807) is 13.3 Å². The average molecular weight is 293 g/mol. The van der Waals surface area contributed by atoms with Gasteiger partial charge in [-0.2, -0.15) is 0 Å². The van der Waals surface area contributed by atoms with E-state index in [4.69, 9.17) is 4.74 Å². The maximum absolute atomic E-state index is 5.21. The molecule has 4 nitrogen and oxygen atoms in total. The molecule has 0 N–H and O–H groups in total. The van der Waals surface area contributed by atoms with Crippen molar-refractivity contribution in [3.05, 3.63) is 47.8 Å². The van der Waals surface area contributed by atoms with Crippen LogP contribution >= 0.6 is 0 Å². The van der Waals surface area contributed by atoms with Crippen LogP contribution in [0.3, 0.4) is 0 Å². The first-order valence-corrected chi connectivity index (χ1v) is 7.59. The van der Waals surface area contributed by atoms with Gasteiger partial charge in [0, 0.05) is 24.8 Å². The molecule has 3 rings (SSSR count). The lowest BCUT2D eigenvalue weighted by Gasteiger charge is -2.26. The molecule has 0 aliphatic carbocycles. The van der Waals surface area contributed by atoms with E-state index >= 15 is 0 Å². The van der Waals surface area contributed by atoms with E-state index in [0.717, 1.165) is 36.0 Å². The lowest BCUT2D eigenvalue weighted by Crippen LogP contribution is -2.31. The quantitative estimate of drug-likeness (QED) is 0.798. The molecule has 0 unspecified atom stereocenters. The summed E-state index contributed by atoms with van der Waals surface area (Å²) in [6, 6.07) is 9.56. The van der Waals surface area contributed by atoms with Gasteiger partial charge in [0.2, 0.25) is 5.95 Å². The Hall–Kier alpha value is -2.54. The van der Waals surface area contributed by atoms with Gasteiger partial charge in [0.15, 0.2) is 0 Å². The number of piperidine rings is 1. The number of hydrogen-bond donors (Lipinski definition) is 0. The van der Waals surface area contributed by atoms with Crippen LogP contribution in [0.25, 0.3) is 0 Å². The summed E-state index contributed by atoms with van der Waals surface area (Å²) in [5, 5.41) is 0. The molecular weight excluding hydrogens is 274 g/mol. The lowest BCUT2D eigenvalue weighted by molar-refractivity contribution is 0.414. The Morgan fingerprint density at radius 2 is 1.95 bits per heavy atom. The molecule has 1 aliphatic heterocycles. The highest BCUT2D eigenvalue weighted by molar-refractivity contribution is 5.44. The van der Waals surface area contributed by atoms with Crippen molar-refractivity contribution in [2.45, 2.75) is 19.3 Å². The monoisotopic (exact) mass is 293 g/mol. The summed E-state index contributed by atoms with van der Waals surface area (Å²) < 4.78 is 5.21. The third-order valence-corrected chi connectivity index (χ3v) is 3.69. The smallest absolute Gasteiger partial charge is 0.226 e. The van der Waals surface area contributed by atoms with Crippen molar-refractivity contribution in [3.8, 4) is 17.6 Å². The summed E-state index contributed by atoms with van der Waals surface area (Å²) in [4.78, 5) is 11.2. The van der Waals surface area contributed by atoms with E-state index in [1.807, 2.05) is 30.3 Å². The van der Waals surface area contributed by atoms with Crippen molar-refractivity contribution >= 4 is 5.95 Å². The molecule has 0 bridgehead atoms. The molecule has 2 heterocycles. The van der Waals surface area contributed by atoms with Gasteiger partial charge < -0.3 is 9.64 Å². The lowest BCUT2D eigenvalue weighted by atomic mass is 10.1. The minimum absolute atomic E-state index is 0.749. The highest BCUT2D eigenvalue weighted by atomic mass is 16.5. The standard InChI is InChI=1S/C18H19N3O/c1-22-17-7-5-6-15(14-17)8-9-16-10-11-19-18(20-16)21-12-3-2-4-13-21/h5-7,10-11,14H,2-4,12-13H2,1H3. The molecule has 0 atom stereocenters. The second kappa shape index (κ2) is 6.95. The van der Waals surface area contributed by atoms with E-state index in [0.29, 0.717) is 0 Å². The molecule has 112 valence electrons. The van der Waals surface area contributed by atoms with Gasteiger partial charge in [-0.25, -0.2) is 9.97 Å². The van der Waals surface area contributed by atoms with E-state index < -0.39 is 0 Å². The first-order valence-electron chi connectivity index (χ1n) is 7.59. The Bertz CT molecular complexity index is 697. The molecule has 22 heavy (non-hydrogen) atoms. The zero-order valence-electron chi connectivity index (χ0n) is 12.7. The number of benzene rings is 1. The van der Waals surface area contributed by atoms with Gasteiger partial charge in [0.05, 0.1) is 7.11 Å². The van der Waals surface area contributed by atoms with Gasteiger partial charge >= 0.3 is 0 Å². The number of hydrogen-bond acceptors (Lipinski definition) is 4. The zero-order valence-corrected chi connectivity index (χ0v) is 12.7. The normalized spacial score (nSPS) is 14.1. The summed E-state index contributed by atoms with van der Waals surface area (Å²) in [7, 11) is 1.65. The summed E-state index contributed by atoms with van der Waals surface area (Å²) >= 11 is 0. The number of methoxy groups -OCH3 is 1. The third kappa shape index (κ3) is 3.56. The SMILES string of the molecule is COc1cccc(C#Cc2ccnc(N3CCCCC3)n2)c1. The zero-order chi connectivity index (χ0) is 15.2. The van der Waals surface area contributed by atoms with Crippen molar-refractivity contribution < 1.29 is 4.74 Å². The van der Waals surface area contributed by atoms with Crippen molar-refractivity contribution in [1.82, 2.24) is 9.97 Å². The fourth-order valence-corrected chi connectivity index (χ4v) is 2.50. The first-order chi connectivity index (χ1) is 10.8. The molecule has 4 heteroatoms. The van der Waals surface area contributed by atoms with Gasteiger partial charge in [0.25, 0.3) is 0 Å². The van der Waals surface area contributed by atoms with E-state index in [2.05, 4.69) is 26.7 Å². The van der Waals surface area contributed by atoms with Crippen molar-refractivity contribution in [3.63, 3.8) is 0 Å². The Morgan fingerprint density at radius 1 is 1.09 bits per heavy atom. The molecule has 0 amide bonds. The van der Waals surface area contributed by atoms with Gasteiger partial charge in [-0.1, -0.05) is 12.0 Å². The van der Waals surface area contributed by atoms with Crippen LogP contribution in [0.4, 0.5) is 5.95 Å². The van der Waals surface area contributed by atoms with Crippen LogP contribution in [0.2, 0.25) is 0 Å². The predicted octanol–water partition coefficient (Wildman–Crippen LogP) is 2.88. The summed E-state index contributed by atoms with van der Waals surface area (Å²) in [5.74, 6) is 7.83. The highest BCUT2D eigenvalue weighted by Crippen LogP contribution is 2.15. The van der Waals surface area contributed by atoms with E-state index in [9.17, 15) is 0 Å². The summed E-state index contributed by atoms with van der Waals surface area (Å²) in [6.07, 6.45) is 5.50. The van der Waals surface area contributed by atoms with Crippen LogP contribution in [-0.4, -0.2) is 30.2 Å². The van der Waals surface area contributed by atoms with Crippen molar-refractivity contribution in [2.24, 2.45) is 0 Å². The van der Waals surface area contributed by atoms with Gasteiger partial charge in [-0.15, -0.1) is 0 Å². The predicted molar refractivity (Wildman–Crippen MR) is 87.1 cm³/mol. The Labute approximate surface area is 131 Å². The van der Waals surface area contributed by atoms with Gasteiger partial charge in [-0.3, -0.25) is 0 Å². The van der Waals surface area contributed by atoms with Gasteiger partial charge in [0.1, 0.15) is 11.4 Å². The minimum atomic E-state index is 0.749. The second-order valence-corrected chi connectivity index (χ2v) is 5.27. The largest absolute Gasteiger partial charge is 0.497 e. The number of anilines is 1. The molecule has 1 fully saturated rings. The van der Waals surface area contributed by atoms with Crippen LogP contribution in [0, 0.1) is 11.8 Å². The van der Waals surface area contributed by atoms with Crippen molar-refractivity contribution in [1.29, 1.82) is 0 Å². The molecule has 1 aromatic carbocycles. The molecule has 0 spiro atoms. The van der Waals surface area contributed by atoms with Crippen molar-refractivity contribution in [2.75, 3.05) is 25.1 Å². The summed E-state index contributed by atoms with van der Waals surface area (Å²) in [6.45, 7) is 2.07. The molecular formula is C18H19N3O. The number of aromatic nitrogens is 2. The molecule has 0 saturated carbocycles. The fourth-order valence-electron chi connectivity index (χ4n) is 2.50. The van der Waals surface area contributed by atoms with Crippen LogP contribution in [-0.2, 0) is 0 Å². The maximum Gasteiger partial charge on any atom is 0.226 e. The average Bonchev–Trinajstić information content (AvgIpc) is 2.61. The number of ether oxygens (including phenoxy) is 1. The molecule has 1 aliphatic rings. The Kier molecular flexibility index (Phi) is 4.55. The highest BCUT2D eigenvalue weighted by Gasteiger charge is 2.13. The third-order valence-electron chi connectivity index (χ3n) is 3.69. The first kappa shape index (κ1) is 14.4. The van der Waals surface area contributed by atoms with Crippen LogP contribution < -0.4 is 9.64 Å².